The molecule has 0 amide bonds. The van der Waals surface area contributed by atoms with Gasteiger partial charge in [0.15, 0.2) is 0 Å². The Labute approximate surface area is 151 Å². The smallest absolute Gasteiger partial charge is 0.0697 e. The van der Waals surface area contributed by atoms with Crippen LogP contribution in [0.5, 0.6) is 0 Å². The number of benzene rings is 3. The van der Waals surface area contributed by atoms with E-state index in [-0.39, 0.29) is 0 Å². The predicted molar refractivity (Wildman–Crippen MR) is 111 cm³/mol. The van der Waals surface area contributed by atoms with Crippen LogP contribution in [-0.2, 0) is 0 Å². The van der Waals surface area contributed by atoms with Gasteiger partial charge in [-0.2, -0.15) is 0 Å². The summed E-state index contributed by atoms with van der Waals surface area (Å²) in [5.41, 5.74) is 4.24. The van der Waals surface area contributed by atoms with Crippen molar-refractivity contribution in [1.29, 1.82) is 0 Å². The van der Waals surface area contributed by atoms with Crippen LogP contribution < -0.4 is 10.4 Å². The fourth-order valence-corrected chi connectivity index (χ4v) is 7.10. The molecule has 0 heterocycles. The van der Waals surface area contributed by atoms with Crippen LogP contribution in [-0.4, -0.2) is 8.80 Å². The van der Waals surface area contributed by atoms with Crippen LogP contribution in [0.1, 0.15) is 18.9 Å². The molecule has 0 fully saturated rings. The van der Waals surface area contributed by atoms with Gasteiger partial charge in [-0.15, -0.1) is 0 Å². The average Bonchev–Trinajstić information content (AvgIpc) is 3.06. The van der Waals surface area contributed by atoms with Crippen LogP contribution in [0.15, 0.2) is 108 Å². The minimum Gasteiger partial charge on any atom is -0.0697 e. The molecule has 25 heavy (non-hydrogen) atoms. The molecule has 1 aliphatic carbocycles. The zero-order valence-electron chi connectivity index (χ0n) is 14.5. The minimum absolute atomic E-state index is 1.10. The lowest BCUT2D eigenvalue weighted by atomic mass is 10.0. The SMILES string of the molecule is CC1=C(c2ccccc2)C=C([SiH](c2ccccc2)c2ccccc2)C1. The highest BCUT2D eigenvalue weighted by Gasteiger charge is 2.25. The Morgan fingerprint density at radius 2 is 1.12 bits per heavy atom. The van der Waals surface area contributed by atoms with Gasteiger partial charge >= 0.3 is 0 Å². The van der Waals surface area contributed by atoms with E-state index in [9.17, 15) is 0 Å². The first-order valence-electron chi connectivity index (χ1n) is 8.88. The van der Waals surface area contributed by atoms with Crippen molar-refractivity contribution in [3.05, 3.63) is 113 Å². The summed E-state index contributed by atoms with van der Waals surface area (Å²) in [5, 5.41) is 4.62. The molecular formula is C24H22Si. The van der Waals surface area contributed by atoms with Gasteiger partial charge in [0.2, 0.25) is 0 Å². The number of rotatable bonds is 4. The summed E-state index contributed by atoms with van der Waals surface area (Å²) in [6.45, 7) is 2.28. The summed E-state index contributed by atoms with van der Waals surface area (Å²) < 4.78 is 0. The number of allylic oxidation sites excluding steroid dienone is 4. The van der Waals surface area contributed by atoms with Crippen molar-refractivity contribution in [2.24, 2.45) is 0 Å². The maximum absolute atomic E-state index is 2.47. The first-order valence-corrected chi connectivity index (χ1v) is 10.6. The monoisotopic (exact) mass is 338 g/mol. The van der Waals surface area contributed by atoms with E-state index in [0.29, 0.717) is 0 Å². The van der Waals surface area contributed by atoms with Gasteiger partial charge in [0.1, 0.15) is 8.80 Å². The van der Waals surface area contributed by atoms with E-state index < -0.39 is 8.80 Å². The van der Waals surface area contributed by atoms with E-state index in [1.807, 2.05) is 0 Å². The second-order valence-electron chi connectivity index (χ2n) is 6.71. The molecule has 0 spiro atoms. The Balaban J connectivity index is 1.77. The fraction of sp³-hybridized carbons (Fsp3) is 0.0833. The first kappa shape index (κ1) is 15.9. The molecule has 0 aromatic heterocycles. The Kier molecular flexibility index (Phi) is 4.49. The van der Waals surface area contributed by atoms with Gasteiger partial charge in [-0.3, -0.25) is 0 Å². The van der Waals surface area contributed by atoms with Crippen molar-refractivity contribution in [1.82, 2.24) is 0 Å². The highest BCUT2D eigenvalue weighted by Crippen LogP contribution is 2.33. The van der Waals surface area contributed by atoms with Crippen LogP contribution in [0.2, 0.25) is 0 Å². The summed E-state index contributed by atoms with van der Waals surface area (Å²) in [7, 11) is -1.38. The topological polar surface area (TPSA) is 0 Å². The normalized spacial score (nSPS) is 14.1. The molecule has 0 aliphatic heterocycles. The summed E-state index contributed by atoms with van der Waals surface area (Å²) in [6, 6.07) is 32.9. The van der Waals surface area contributed by atoms with Crippen molar-refractivity contribution < 1.29 is 0 Å². The highest BCUT2D eigenvalue weighted by atomic mass is 28.3. The second-order valence-corrected chi connectivity index (χ2v) is 9.65. The Morgan fingerprint density at radius 3 is 1.64 bits per heavy atom. The molecule has 1 heteroatoms. The van der Waals surface area contributed by atoms with Crippen molar-refractivity contribution >= 4 is 24.7 Å². The lowest BCUT2D eigenvalue weighted by molar-refractivity contribution is 1.23. The zero-order chi connectivity index (χ0) is 17.1. The van der Waals surface area contributed by atoms with Gasteiger partial charge in [-0.25, -0.2) is 0 Å². The Morgan fingerprint density at radius 1 is 0.640 bits per heavy atom. The fourth-order valence-electron chi connectivity index (χ4n) is 3.81. The van der Waals surface area contributed by atoms with E-state index in [1.54, 1.807) is 5.20 Å². The number of hydrogen-bond acceptors (Lipinski definition) is 0. The van der Waals surface area contributed by atoms with E-state index in [2.05, 4.69) is 104 Å². The zero-order valence-corrected chi connectivity index (χ0v) is 15.7. The molecule has 0 bridgehead atoms. The van der Waals surface area contributed by atoms with Gasteiger partial charge < -0.3 is 0 Å². The van der Waals surface area contributed by atoms with Gasteiger partial charge in [0, 0.05) is 0 Å². The molecule has 0 unspecified atom stereocenters. The van der Waals surface area contributed by atoms with Gasteiger partial charge in [-0.05, 0) is 24.5 Å². The van der Waals surface area contributed by atoms with Crippen molar-refractivity contribution in [3.63, 3.8) is 0 Å². The average molecular weight is 339 g/mol. The van der Waals surface area contributed by atoms with Crippen LogP contribution in [0.25, 0.3) is 5.57 Å². The molecule has 0 N–H and O–H groups in total. The van der Waals surface area contributed by atoms with Crippen molar-refractivity contribution in [2.45, 2.75) is 13.3 Å². The molecular weight excluding hydrogens is 316 g/mol. The molecule has 0 saturated carbocycles. The molecule has 0 radical (unpaired) electrons. The third-order valence-electron chi connectivity index (χ3n) is 4.98. The molecule has 0 nitrogen and oxygen atoms in total. The van der Waals surface area contributed by atoms with Crippen LogP contribution in [0, 0.1) is 0 Å². The Hall–Kier alpha value is -2.64. The van der Waals surface area contributed by atoms with Crippen LogP contribution in [0.3, 0.4) is 0 Å². The van der Waals surface area contributed by atoms with Crippen LogP contribution >= 0.6 is 0 Å². The van der Waals surface area contributed by atoms with Crippen molar-refractivity contribution in [3.8, 4) is 0 Å². The van der Waals surface area contributed by atoms with Gasteiger partial charge in [0.05, 0.1) is 0 Å². The van der Waals surface area contributed by atoms with Crippen LogP contribution in [0.4, 0.5) is 0 Å². The molecule has 1 aliphatic rings. The lowest BCUT2D eigenvalue weighted by Gasteiger charge is -2.18. The minimum atomic E-state index is -1.38. The first-order chi connectivity index (χ1) is 12.3. The van der Waals surface area contributed by atoms with E-state index >= 15 is 0 Å². The maximum Gasteiger partial charge on any atom is 0.128 e. The van der Waals surface area contributed by atoms with Gasteiger partial charge in [0.25, 0.3) is 0 Å². The molecule has 0 atom stereocenters. The quantitative estimate of drug-likeness (QED) is 0.620. The third-order valence-corrected chi connectivity index (χ3v) is 8.20. The third kappa shape index (κ3) is 3.28. The van der Waals surface area contributed by atoms with Crippen molar-refractivity contribution in [2.75, 3.05) is 0 Å². The second kappa shape index (κ2) is 7.08. The standard InChI is InChI=1S/C24H22Si/c1-19-17-23(18-24(19)20-11-5-2-6-12-20)25(21-13-7-3-8-14-21)22-15-9-4-10-16-22/h2-16,18,25H,17H2,1H3. The summed E-state index contributed by atoms with van der Waals surface area (Å²) in [5.74, 6) is 0. The molecule has 0 saturated heterocycles. The van der Waals surface area contributed by atoms with E-state index in [0.717, 1.165) is 6.42 Å². The molecule has 4 rings (SSSR count). The molecule has 3 aromatic carbocycles. The van der Waals surface area contributed by atoms with Gasteiger partial charge in [-0.1, -0.05) is 118 Å². The predicted octanol–water partition coefficient (Wildman–Crippen LogP) is 4.37. The summed E-state index contributed by atoms with van der Waals surface area (Å²) >= 11 is 0. The molecule has 3 aromatic rings. The molecule has 122 valence electrons. The largest absolute Gasteiger partial charge is 0.128 e. The van der Waals surface area contributed by atoms with E-state index in [1.165, 1.54) is 27.1 Å². The number of hydrogen-bond donors (Lipinski definition) is 0. The lowest BCUT2D eigenvalue weighted by Crippen LogP contribution is -2.43. The summed E-state index contributed by atoms with van der Waals surface area (Å²) in [4.78, 5) is 0. The van der Waals surface area contributed by atoms with E-state index in [4.69, 9.17) is 0 Å². The Bertz CT molecular complexity index is 867. The highest BCUT2D eigenvalue weighted by molar-refractivity contribution is 6.91. The summed E-state index contributed by atoms with van der Waals surface area (Å²) in [6.07, 6.45) is 3.58. The maximum atomic E-state index is 2.47.